The molecule has 4 aromatic rings. The number of rotatable bonds is 5. The number of hydrogen-bond donors (Lipinski definition) is 1. The summed E-state index contributed by atoms with van der Waals surface area (Å²) in [6.07, 6.45) is 4.10. The number of imidazole rings is 2. The maximum absolute atomic E-state index is 12.8. The maximum Gasteiger partial charge on any atom is 0.328 e. The van der Waals surface area contributed by atoms with Gasteiger partial charge in [-0.3, -0.25) is 9.13 Å². The Balaban J connectivity index is 1.67. The van der Waals surface area contributed by atoms with Crippen molar-refractivity contribution in [3.63, 3.8) is 0 Å². The molecule has 0 saturated carbocycles. The van der Waals surface area contributed by atoms with Crippen molar-refractivity contribution in [3.05, 3.63) is 80.3 Å². The molecule has 0 spiro atoms. The molecule has 6 nitrogen and oxygen atoms in total. The van der Waals surface area contributed by atoms with Gasteiger partial charge in [-0.15, -0.1) is 0 Å². The van der Waals surface area contributed by atoms with Gasteiger partial charge in [0.1, 0.15) is 5.82 Å². The van der Waals surface area contributed by atoms with Crippen molar-refractivity contribution in [3.8, 4) is 0 Å². The predicted octanol–water partition coefficient (Wildman–Crippen LogP) is 3.89. The van der Waals surface area contributed by atoms with Crippen molar-refractivity contribution < 1.29 is 0 Å². The number of hydrogen-bond acceptors (Lipinski definition) is 3. The molecule has 8 heteroatoms. The highest BCUT2D eigenvalue weighted by Crippen LogP contribution is 2.23. The van der Waals surface area contributed by atoms with E-state index in [9.17, 15) is 4.79 Å². The second kappa shape index (κ2) is 7.21. The van der Waals surface area contributed by atoms with E-state index in [4.69, 9.17) is 23.2 Å². The van der Waals surface area contributed by atoms with E-state index in [1.54, 1.807) is 27.5 Å². The number of H-pyrrole nitrogens is 1. The van der Waals surface area contributed by atoms with Gasteiger partial charge >= 0.3 is 5.69 Å². The van der Waals surface area contributed by atoms with Gasteiger partial charge in [-0.1, -0.05) is 29.3 Å². The molecular formula is C19H17Cl2N5O. The zero-order valence-corrected chi connectivity index (χ0v) is 16.1. The fourth-order valence-electron chi connectivity index (χ4n) is 3.17. The Kier molecular flexibility index (Phi) is 4.76. The Morgan fingerprint density at radius 3 is 2.81 bits per heavy atom. The van der Waals surface area contributed by atoms with Crippen molar-refractivity contribution in [2.75, 3.05) is 0 Å². The summed E-state index contributed by atoms with van der Waals surface area (Å²) in [5.41, 5.74) is 3.23. The molecule has 27 heavy (non-hydrogen) atoms. The van der Waals surface area contributed by atoms with Gasteiger partial charge in [0.05, 0.1) is 12.1 Å². The Morgan fingerprint density at radius 2 is 2.07 bits per heavy atom. The van der Waals surface area contributed by atoms with Crippen LogP contribution in [0.15, 0.2) is 47.5 Å². The molecule has 0 amide bonds. The van der Waals surface area contributed by atoms with Crippen LogP contribution in [0, 0.1) is 0 Å². The van der Waals surface area contributed by atoms with E-state index in [0.717, 1.165) is 16.8 Å². The lowest BCUT2D eigenvalue weighted by Crippen LogP contribution is -2.25. The monoisotopic (exact) mass is 401 g/mol. The van der Waals surface area contributed by atoms with Crippen LogP contribution in [0.1, 0.15) is 24.0 Å². The summed E-state index contributed by atoms with van der Waals surface area (Å²) in [6.45, 7) is 2.88. The first-order valence-electron chi connectivity index (χ1n) is 8.57. The molecule has 3 heterocycles. The lowest BCUT2D eigenvalue weighted by molar-refractivity contribution is 0.646. The summed E-state index contributed by atoms with van der Waals surface area (Å²) in [7, 11) is 0. The summed E-state index contributed by atoms with van der Waals surface area (Å²) < 4.78 is 3.40. The molecule has 0 aliphatic carbocycles. The van der Waals surface area contributed by atoms with E-state index in [1.807, 2.05) is 31.3 Å². The first-order valence-corrected chi connectivity index (χ1v) is 9.33. The highest BCUT2D eigenvalue weighted by molar-refractivity contribution is 6.35. The van der Waals surface area contributed by atoms with Crippen molar-refractivity contribution in [1.82, 2.24) is 24.1 Å². The van der Waals surface area contributed by atoms with E-state index >= 15 is 0 Å². The number of aromatic nitrogens is 5. The first kappa shape index (κ1) is 17.8. The molecule has 4 rings (SSSR count). The quantitative estimate of drug-likeness (QED) is 0.551. The summed E-state index contributed by atoms with van der Waals surface area (Å²) in [4.78, 5) is 24.7. The van der Waals surface area contributed by atoms with Crippen LogP contribution in [0.2, 0.25) is 10.0 Å². The molecule has 0 aliphatic rings. The Hall–Kier alpha value is -2.57. The van der Waals surface area contributed by atoms with Crippen LogP contribution >= 0.6 is 23.2 Å². The van der Waals surface area contributed by atoms with Crippen molar-refractivity contribution in [1.29, 1.82) is 0 Å². The molecule has 0 aliphatic heterocycles. The summed E-state index contributed by atoms with van der Waals surface area (Å²) in [5.74, 6) is 0.690. The summed E-state index contributed by atoms with van der Waals surface area (Å²) in [5, 5.41) is 1.18. The fourth-order valence-corrected chi connectivity index (χ4v) is 3.64. The SMILES string of the molecule is CCn1c(Cc2ccc(Cl)cc2Cl)cn(Cc2nc3ncccc3[nH]2)c1=O. The van der Waals surface area contributed by atoms with Gasteiger partial charge in [0.2, 0.25) is 0 Å². The molecule has 0 unspecified atom stereocenters. The van der Waals surface area contributed by atoms with Crippen LogP contribution < -0.4 is 5.69 Å². The van der Waals surface area contributed by atoms with Gasteiger partial charge in [-0.05, 0) is 36.8 Å². The van der Waals surface area contributed by atoms with Crippen molar-refractivity contribution in [2.45, 2.75) is 26.4 Å². The van der Waals surface area contributed by atoms with Gasteiger partial charge in [0.15, 0.2) is 5.65 Å². The lowest BCUT2D eigenvalue weighted by Gasteiger charge is -2.06. The fraction of sp³-hybridized carbons (Fsp3) is 0.211. The standard InChI is InChI=1S/C19H17Cl2N5O/c1-2-26-14(8-12-5-6-13(20)9-15(12)21)10-25(19(26)27)11-17-23-16-4-3-7-22-18(16)24-17/h3-7,9-10H,2,8,11H2,1H3,(H,22,23,24). The average Bonchev–Trinajstić information content (AvgIpc) is 3.18. The normalized spacial score (nSPS) is 11.4. The smallest absolute Gasteiger partial charge is 0.328 e. The molecule has 0 atom stereocenters. The summed E-state index contributed by atoms with van der Waals surface area (Å²) in [6, 6.07) is 9.16. The van der Waals surface area contributed by atoms with Gasteiger partial charge in [0.25, 0.3) is 0 Å². The van der Waals surface area contributed by atoms with E-state index in [0.29, 0.717) is 41.0 Å². The zero-order chi connectivity index (χ0) is 19.0. The molecule has 1 N–H and O–H groups in total. The molecule has 138 valence electrons. The Labute approximate surface area is 165 Å². The number of fused-ring (bicyclic) bond motifs is 1. The number of benzene rings is 1. The lowest BCUT2D eigenvalue weighted by atomic mass is 10.1. The minimum atomic E-state index is -0.0778. The third kappa shape index (κ3) is 3.50. The third-order valence-corrected chi connectivity index (χ3v) is 5.04. The number of aromatic amines is 1. The molecular weight excluding hydrogens is 385 g/mol. The molecule has 0 fully saturated rings. The van der Waals surface area contributed by atoms with Crippen molar-refractivity contribution in [2.24, 2.45) is 0 Å². The average molecular weight is 402 g/mol. The minimum Gasteiger partial charge on any atom is -0.339 e. The molecule has 0 bridgehead atoms. The Bertz CT molecular complexity index is 1140. The van der Waals surface area contributed by atoms with Crippen LogP contribution in [-0.4, -0.2) is 24.1 Å². The second-order valence-electron chi connectivity index (χ2n) is 6.25. The van der Waals surface area contributed by atoms with Gasteiger partial charge in [-0.2, -0.15) is 0 Å². The van der Waals surface area contributed by atoms with Crippen LogP contribution in [0.3, 0.4) is 0 Å². The third-order valence-electron chi connectivity index (χ3n) is 4.46. The molecule has 0 radical (unpaired) electrons. The molecule has 3 aromatic heterocycles. The van der Waals surface area contributed by atoms with Gasteiger partial charge < -0.3 is 4.98 Å². The van der Waals surface area contributed by atoms with E-state index in [-0.39, 0.29) is 5.69 Å². The molecule has 0 saturated heterocycles. The zero-order valence-electron chi connectivity index (χ0n) is 14.6. The topological polar surface area (TPSA) is 68.5 Å². The van der Waals surface area contributed by atoms with Crippen LogP contribution in [-0.2, 0) is 19.5 Å². The highest BCUT2D eigenvalue weighted by Gasteiger charge is 2.14. The van der Waals surface area contributed by atoms with Crippen LogP contribution in [0.5, 0.6) is 0 Å². The molecule has 1 aromatic carbocycles. The van der Waals surface area contributed by atoms with E-state index < -0.39 is 0 Å². The largest absolute Gasteiger partial charge is 0.339 e. The summed E-state index contributed by atoms with van der Waals surface area (Å²) >= 11 is 12.3. The number of pyridine rings is 1. The number of nitrogens with zero attached hydrogens (tertiary/aromatic N) is 4. The number of halogens is 2. The van der Waals surface area contributed by atoms with E-state index in [2.05, 4.69) is 15.0 Å². The number of nitrogens with one attached hydrogen (secondary N) is 1. The second-order valence-corrected chi connectivity index (χ2v) is 7.09. The predicted molar refractivity (Wildman–Crippen MR) is 107 cm³/mol. The van der Waals surface area contributed by atoms with Gasteiger partial charge in [-0.25, -0.2) is 14.8 Å². The van der Waals surface area contributed by atoms with E-state index in [1.165, 1.54) is 0 Å². The first-order chi connectivity index (χ1) is 13.0. The van der Waals surface area contributed by atoms with Crippen LogP contribution in [0.25, 0.3) is 11.2 Å². The van der Waals surface area contributed by atoms with Crippen molar-refractivity contribution >= 4 is 34.4 Å². The minimum absolute atomic E-state index is 0.0778. The maximum atomic E-state index is 12.8. The Morgan fingerprint density at radius 1 is 1.22 bits per heavy atom. The van der Waals surface area contributed by atoms with Crippen LogP contribution in [0.4, 0.5) is 0 Å². The highest BCUT2D eigenvalue weighted by atomic mass is 35.5. The van der Waals surface area contributed by atoms with Gasteiger partial charge in [0, 0.05) is 41.1 Å².